The SMILES string of the molecule is CCCC(C)(NC(=O)N(C)CC(C)C(=O)NC)C(=O)O. The van der Waals surface area contributed by atoms with Gasteiger partial charge in [0, 0.05) is 20.6 Å². The second kappa shape index (κ2) is 7.72. The maximum atomic E-state index is 12.0. The molecule has 0 bridgehead atoms. The summed E-state index contributed by atoms with van der Waals surface area (Å²) in [5.41, 5.74) is -1.30. The van der Waals surface area contributed by atoms with Gasteiger partial charge >= 0.3 is 12.0 Å². The number of hydrogen-bond donors (Lipinski definition) is 3. The predicted molar refractivity (Wildman–Crippen MR) is 75.3 cm³/mol. The first kappa shape index (κ1) is 18.2. The molecule has 0 aromatic rings. The Hall–Kier alpha value is -1.79. The molecule has 116 valence electrons. The highest BCUT2D eigenvalue weighted by molar-refractivity contribution is 5.86. The van der Waals surface area contributed by atoms with Gasteiger partial charge in [-0.25, -0.2) is 9.59 Å². The lowest BCUT2D eigenvalue weighted by atomic mass is 9.96. The minimum absolute atomic E-state index is 0.167. The number of aliphatic carboxylic acids is 1. The number of amides is 3. The van der Waals surface area contributed by atoms with Crippen molar-refractivity contribution >= 4 is 17.9 Å². The van der Waals surface area contributed by atoms with Crippen LogP contribution >= 0.6 is 0 Å². The van der Waals surface area contributed by atoms with Gasteiger partial charge in [-0.3, -0.25) is 4.79 Å². The quantitative estimate of drug-likeness (QED) is 0.640. The predicted octanol–water partition coefficient (Wildman–Crippen LogP) is 0.653. The van der Waals surface area contributed by atoms with Crippen molar-refractivity contribution in [3.63, 3.8) is 0 Å². The highest BCUT2D eigenvalue weighted by Gasteiger charge is 2.34. The largest absolute Gasteiger partial charge is 0.480 e. The molecule has 0 fully saturated rings. The lowest BCUT2D eigenvalue weighted by Gasteiger charge is -2.29. The second-order valence-electron chi connectivity index (χ2n) is 5.21. The summed E-state index contributed by atoms with van der Waals surface area (Å²) >= 11 is 0. The monoisotopic (exact) mass is 287 g/mol. The van der Waals surface area contributed by atoms with Crippen LogP contribution in [-0.4, -0.2) is 54.1 Å². The smallest absolute Gasteiger partial charge is 0.329 e. The first-order chi connectivity index (χ1) is 9.17. The Balaban J connectivity index is 4.66. The maximum absolute atomic E-state index is 12.0. The molecule has 0 rings (SSSR count). The van der Waals surface area contributed by atoms with Crippen LogP contribution in [0.4, 0.5) is 4.79 Å². The van der Waals surface area contributed by atoms with Crippen LogP contribution in [-0.2, 0) is 9.59 Å². The number of carboxylic acid groups (broad SMARTS) is 1. The fourth-order valence-electron chi connectivity index (χ4n) is 1.88. The van der Waals surface area contributed by atoms with Crippen LogP contribution in [0.1, 0.15) is 33.6 Å². The summed E-state index contributed by atoms with van der Waals surface area (Å²) in [6.45, 7) is 5.25. The van der Waals surface area contributed by atoms with Crippen LogP contribution in [0, 0.1) is 5.92 Å². The summed E-state index contributed by atoms with van der Waals surface area (Å²) in [4.78, 5) is 36.0. The van der Waals surface area contributed by atoms with E-state index in [4.69, 9.17) is 0 Å². The lowest BCUT2D eigenvalue weighted by molar-refractivity contribution is -0.144. The number of nitrogens with one attached hydrogen (secondary N) is 2. The van der Waals surface area contributed by atoms with Crippen molar-refractivity contribution in [2.45, 2.75) is 39.2 Å². The Labute approximate surface area is 119 Å². The van der Waals surface area contributed by atoms with E-state index in [0.29, 0.717) is 12.8 Å². The summed E-state index contributed by atoms with van der Waals surface area (Å²) in [6, 6.07) is -0.501. The Morgan fingerprint density at radius 2 is 1.90 bits per heavy atom. The number of carboxylic acids is 1. The van der Waals surface area contributed by atoms with Crippen LogP contribution in [0.3, 0.4) is 0 Å². The molecule has 0 aromatic heterocycles. The molecular weight excluding hydrogens is 262 g/mol. The van der Waals surface area contributed by atoms with E-state index in [9.17, 15) is 19.5 Å². The van der Waals surface area contributed by atoms with Gasteiger partial charge in [-0.1, -0.05) is 20.3 Å². The van der Waals surface area contributed by atoms with Crippen molar-refractivity contribution in [1.29, 1.82) is 0 Å². The Bertz CT molecular complexity index is 373. The minimum atomic E-state index is -1.30. The van der Waals surface area contributed by atoms with E-state index in [0.717, 1.165) is 0 Å². The van der Waals surface area contributed by atoms with Crippen molar-refractivity contribution in [2.24, 2.45) is 5.92 Å². The molecule has 0 spiro atoms. The van der Waals surface area contributed by atoms with E-state index in [1.807, 2.05) is 6.92 Å². The average Bonchev–Trinajstić information content (AvgIpc) is 2.37. The molecule has 0 aromatic carbocycles. The molecule has 2 unspecified atom stereocenters. The number of carbonyl (C=O) groups is 3. The summed E-state index contributed by atoms with van der Waals surface area (Å²) in [7, 11) is 3.06. The Morgan fingerprint density at radius 1 is 1.35 bits per heavy atom. The van der Waals surface area contributed by atoms with Gasteiger partial charge < -0.3 is 20.6 Å². The fourth-order valence-corrected chi connectivity index (χ4v) is 1.88. The molecule has 7 heteroatoms. The van der Waals surface area contributed by atoms with E-state index >= 15 is 0 Å². The van der Waals surface area contributed by atoms with Crippen molar-refractivity contribution < 1.29 is 19.5 Å². The van der Waals surface area contributed by atoms with E-state index in [1.54, 1.807) is 6.92 Å². The Kier molecular flexibility index (Phi) is 7.02. The van der Waals surface area contributed by atoms with Crippen LogP contribution < -0.4 is 10.6 Å². The highest BCUT2D eigenvalue weighted by Crippen LogP contribution is 2.13. The lowest BCUT2D eigenvalue weighted by Crippen LogP contribution is -2.56. The van der Waals surface area contributed by atoms with Crippen LogP contribution in [0.2, 0.25) is 0 Å². The molecular formula is C13H25N3O4. The molecule has 0 saturated heterocycles. The van der Waals surface area contributed by atoms with Gasteiger partial charge in [-0.15, -0.1) is 0 Å². The summed E-state index contributed by atoms with van der Waals surface area (Å²) in [6.07, 6.45) is 0.981. The molecule has 7 nitrogen and oxygen atoms in total. The number of urea groups is 1. The molecule has 0 aliphatic rings. The van der Waals surface area contributed by atoms with Crippen molar-refractivity contribution in [3.05, 3.63) is 0 Å². The minimum Gasteiger partial charge on any atom is -0.480 e. The van der Waals surface area contributed by atoms with Crippen LogP contribution in [0.25, 0.3) is 0 Å². The molecule has 2 atom stereocenters. The number of rotatable bonds is 7. The zero-order chi connectivity index (χ0) is 15.9. The van der Waals surface area contributed by atoms with Gasteiger partial charge in [-0.05, 0) is 13.3 Å². The summed E-state index contributed by atoms with van der Waals surface area (Å²) in [5.74, 6) is -1.60. The maximum Gasteiger partial charge on any atom is 0.329 e. The van der Waals surface area contributed by atoms with Crippen LogP contribution in [0.5, 0.6) is 0 Å². The molecule has 0 radical (unpaired) electrons. The standard InChI is InChI=1S/C13H25N3O4/c1-6-7-13(3,11(18)19)15-12(20)16(5)8-9(2)10(17)14-4/h9H,6-8H2,1-5H3,(H,14,17)(H,15,20)(H,18,19). The third-order valence-corrected chi connectivity index (χ3v) is 3.19. The third-order valence-electron chi connectivity index (χ3n) is 3.19. The van der Waals surface area contributed by atoms with Gasteiger partial charge in [-0.2, -0.15) is 0 Å². The molecule has 0 saturated carbocycles. The van der Waals surface area contributed by atoms with Gasteiger partial charge in [0.15, 0.2) is 0 Å². The van der Waals surface area contributed by atoms with Gasteiger partial charge in [0.25, 0.3) is 0 Å². The third kappa shape index (κ3) is 5.07. The summed E-state index contributed by atoms with van der Waals surface area (Å²) < 4.78 is 0. The average molecular weight is 287 g/mol. The molecule has 0 heterocycles. The van der Waals surface area contributed by atoms with Crippen molar-refractivity contribution in [1.82, 2.24) is 15.5 Å². The zero-order valence-electron chi connectivity index (χ0n) is 12.8. The zero-order valence-corrected chi connectivity index (χ0v) is 12.8. The first-order valence-corrected chi connectivity index (χ1v) is 6.66. The van der Waals surface area contributed by atoms with Gasteiger partial charge in [0.1, 0.15) is 5.54 Å². The Morgan fingerprint density at radius 3 is 2.30 bits per heavy atom. The van der Waals surface area contributed by atoms with Crippen LogP contribution in [0.15, 0.2) is 0 Å². The molecule has 0 aliphatic heterocycles. The molecule has 0 aliphatic carbocycles. The normalized spacial score (nSPS) is 14.8. The first-order valence-electron chi connectivity index (χ1n) is 6.66. The molecule has 3 N–H and O–H groups in total. The van der Waals surface area contributed by atoms with E-state index in [-0.39, 0.29) is 18.4 Å². The molecule has 3 amide bonds. The number of nitrogens with zero attached hydrogens (tertiary/aromatic N) is 1. The molecule has 20 heavy (non-hydrogen) atoms. The fraction of sp³-hybridized carbons (Fsp3) is 0.769. The van der Waals surface area contributed by atoms with Crippen molar-refractivity contribution in [3.8, 4) is 0 Å². The van der Waals surface area contributed by atoms with E-state index in [1.165, 1.54) is 25.9 Å². The highest BCUT2D eigenvalue weighted by atomic mass is 16.4. The topological polar surface area (TPSA) is 98.7 Å². The van der Waals surface area contributed by atoms with E-state index < -0.39 is 17.5 Å². The summed E-state index contributed by atoms with van der Waals surface area (Å²) in [5, 5.41) is 14.2. The van der Waals surface area contributed by atoms with Crippen molar-refractivity contribution in [2.75, 3.05) is 20.6 Å². The number of carbonyl (C=O) groups excluding carboxylic acids is 2. The number of hydrogen-bond acceptors (Lipinski definition) is 3. The second-order valence-corrected chi connectivity index (χ2v) is 5.21. The van der Waals surface area contributed by atoms with Gasteiger partial charge in [0.05, 0.1) is 5.92 Å². The van der Waals surface area contributed by atoms with E-state index in [2.05, 4.69) is 10.6 Å². The van der Waals surface area contributed by atoms with Gasteiger partial charge in [0.2, 0.25) is 5.91 Å².